The van der Waals surface area contributed by atoms with Gasteiger partial charge in [0.15, 0.2) is 0 Å². The molecule has 1 aromatic heterocycles. The van der Waals surface area contributed by atoms with Crippen molar-refractivity contribution in [2.75, 3.05) is 19.0 Å². The number of benzene rings is 2. The van der Waals surface area contributed by atoms with E-state index in [4.69, 9.17) is 10.5 Å². The number of ether oxygens (including phenoxy) is 1. The molecule has 0 spiro atoms. The van der Waals surface area contributed by atoms with Gasteiger partial charge in [0.05, 0.1) is 7.11 Å². The van der Waals surface area contributed by atoms with Gasteiger partial charge in [-0.3, -0.25) is 0 Å². The number of fused-ring (bicyclic) bond motifs is 1. The highest BCUT2D eigenvalue weighted by Gasteiger charge is 2.19. The van der Waals surface area contributed by atoms with Crippen molar-refractivity contribution in [2.45, 2.75) is 31.7 Å². The summed E-state index contributed by atoms with van der Waals surface area (Å²) in [4.78, 5) is 8.88. The normalized spacial score (nSPS) is 18.9. The van der Waals surface area contributed by atoms with Gasteiger partial charge in [-0.15, -0.1) is 0 Å². The zero-order valence-electron chi connectivity index (χ0n) is 16.7. The Kier molecular flexibility index (Phi) is 6.61. The summed E-state index contributed by atoms with van der Waals surface area (Å²) in [6.07, 6.45) is 6.00. The highest BCUT2D eigenvalue weighted by molar-refractivity contribution is 5.96. The molecule has 3 aromatic rings. The molecule has 4 rings (SSSR count). The van der Waals surface area contributed by atoms with Crippen LogP contribution in [-0.4, -0.2) is 29.7 Å². The summed E-state index contributed by atoms with van der Waals surface area (Å²) in [5, 5.41) is 4.40. The average molecular weight is 397 g/mol. The Morgan fingerprint density at radius 3 is 2.48 bits per heavy atom. The maximum absolute atomic E-state index is 13.3. The van der Waals surface area contributed by atoms with Crippen LogP contribution in [0.1, 0.15) is 25.7 Å². The van der Waals surface area contributed by atoms with E-state index < -0.39 is 0 Å². The van der Waals surface area contributed by atoms with Gasteiger partial charge in [0.1, 0.15) is 29.2 Å². The highest BCUT2D eigenvalue weighted by atomic mass is 19.1. The van der Waals surface area contributed by atoms with Gasteiger partial charge in [0.25, 0.3) is 0 Å². The molecule has 0 unspecified atom stereocenters. The molecule has 2 aromatic carbocycles. The fraction of sp³-hybridized carbons (Fsp3) is 0.364. The first kappa shape index (κ1) is 21.0. The lowest BCUT2D eigenvalue weighted by atomic mass is 9.86. The largest absolute Gasteiger partial charge is 0.494 e. The van der Waals surface area contributed by atoms with Gasteiger partial charge in [-0.1, -0.05) is 12.1 Å². The van der Waals surface area contributed by atoms with Crippen molar-refractivity contribution < 1.29 is 9.13 Å². The molecular formula is C22H28FN5O. The third-order valence-electron chi connectivity index (χ3n) is 5.55. The number of anilines is 1. The van der Waals surface area contributed by atoms with E-state index in [1.165, 1.54) is 12.1 Å². The summed E-state index contributed by atoms with van der Waals surface area (Å²) >= 11 is 0. The van der Waals surface area contributed by atoms with Crippen LogP contribution in [0.25, 0.3) is 22.0 Å². The van der Waals surface area contributed by atoms with Crippen LogP contribution in [0.4, 0.5) is 10.2 Å². The predicted octanol–water partition coefficient (Wildman–Crippen LogP) is 4.54. The molecule has 0 saturated heterocycles. The third kappa shape index (κ3) is 4.63. The molecule has 6 nitrogen and oxygen atoms in total. The van der Waals surface area contributed by atoms with Crippen LogP contribution in [0, 0.1) is 11.7 Å². The van der Waals surface area contributed by atoms with E-state index in [2.05, 4.69) is 15.3 Å². The summed E-state index contributed by atoms with van der Waals surface area (Å²) in [6.45, 7) is 0.863. The molecule has 1 heterocycles. The Balaban J connectivity index is 0.00000240. The zero-order valence-corrected chi connectivity index (χ0v) is 16.7. The van der Waals surface area contributed by atoms with E-state index >= 15 is 0 Å². The number of nitrogens with two attached hydrogens (primary N) is 1. The molecule has 0 atom stereocenters. The standard InChI is InChI=1S/C22H25FN4O.H3N/c1-28-20-11-16(15-4-6-17(23)7-5-15)10-19-21(20)26-13-27-22(19)25-12-14-2-8-18(24)9-3-14;/h4-7,10-11,13-14,18H,2-3,8-9,12,24H2,1H3,(H,25,26,27);1H3. The van der Waals surface area contributed by atoms with E-state index in [1.807, 2.05) is 12.1 Å². The van der Waals surface area contributed by atoms with Crippen LogP contribution < -0.4 is 21.9 Å². The molecule has 1 saturated carbocycles. The zero-order chi connectivity index (χ0) is 19.5. The number of halogens is 1. The van der Waals surface area contributed by atoms with Crippen molar-refractivity contribution >= 4 is 16.7 Å². The van der Waals surface area contributed by atoms with E-state index in [-0.39, 0.29) is 12.0 Å². The van der Waals surface area contributed by atoms with Crippen molar-refractivity contribution in [3.63, 3.8) is 0 Å². The molecule has 1 aliphatic carbocycles. The van der Waals surface area contributed by atoms with Crippen LogP contribution in [0.3, 0.4) is 0 Å². The number of aromatic nitrogens is 2. The van der Waals surface area contributed by atoms with E-state index in [0.29, 0.717) is 17.7 Å². The van der Waals surface area contributed by atoms with Crippen molar-refractivity contribution in [1.82, 2.24) is 16.1 Å². The maximum atomic E-state index is 13.3. The van der Waals surface area contributed by atoms with Gasteiger partial charge >= 0.3 is 0 Å². The van der Waals surface area contributed by atoms with E-state index in [9.17, 15) is 4.39 Å². The van der Waals surface area contributed by atoms with Crippen LogP contribution in [0.5, 0.6) is 5.75 Å². The van der Waals surface area contributed by atoms with Gasteiger partial charge in [-0.25, -0.2) is 14.4 Å². The first-order chi connectivity index (χ1) is 13.6. The van der Waals surface area contributed by atoms with Crippen molar-refractivity contribution in [3.8, 4) is 16.9 Å². The number of hydrogen-bond donors (Lipinski definition) is 3. The highest BCUT2D eigenvalue weighted by Crippen LogP contribution is 2.34. The van der Waals surface area contributed by atoms with Crippen LogP contribution in [-0.2, 0) is 0 Å². The molecule has 0 radical (unpaired) electrons. The molecule has 0 bridgehead atoms. The van der Waals surface area contributed by atoms with E-state index in [1.54, 1.807) is 25.6 Å². The van der Waals surface area contributed by atoms with Gasteiger partial charge in [0.2, 0.25) is 0 Å². The Morgan fingerprint density at radius 2 is 1.79 bits per heavy atom. The van der Waals surface area contributed by atoms with Crippen LogP contribution in [0.2, 0.25) is 0 Å². The Morgan fingerprint density at radius 1 is 1.07 bits per heavy atom. The Labute approximate surface area is 170 Å². The molecule has 0 amide bonds. The minimum atomic E-state index is -0.255. The van der Waals surface area contributed by atoms with Gasteiger partial charge in [-0.2, -0.15) is 0 Å². The summed E-state index contributed by atoms with van der Waals surface area (Å²) in [7, 11) is 1.63. The molecule has 7 heteroatoms. The SMILES string of the molecule is COc1cc(-c2ccc(F)cc2)cc2c(NCC3CCC(N)CC3)ncnc12.N. The minimum absolute atomic E-state index is 0. The summed E-state index contributed by atoms with van der Waals surface area (Å²) in [6, 6.07) is 10.7. The molecular weight excluding hydrogens is 369 g/mol. The first-order valence-corrected chi connectivity index (χ1v) is 9.72. The summed E-state index contributed by atoms with van der Waals surface area (Å²) in [5.74, 6) is 1.81. The number of hydrogen-bond acceptors (Lipinski definition) is 6. The van der Waals surface area contributed by atoms with Crippen molar-refractivity contribution in [3.05, 3.63) is 48.5 Å². The van der Waals surface area contributed by atoms with Crippen molar-refractivity contribution in [1.29, 1.82) is 0 Å². The lowest BCUT2D eigenvalue weighted by Crippen LogP contribution is -2.29. The molecule has 1 aliphatic rings. The quantitative estimate of drug-likeness (QED) is 0.583. The third-order valence-corrected chi connectivity index (χ3v) is 5.55. The number of nitrogens with zero attached hydrogens (tertiary/aromatic N) is 2. The lowest BCUT2D eigenvalue weighted by Gasteiger charge is -2.26. The maximum Gasteiger partial charge on any atom is 0.145 e. The Bertz CT molecular complexity index is 955. The molecule has 1 fully saturated rings. The number of rotatable bonds is 5. The monoisotopic (exact) mass is 397 g/mol. The second-order valence-corrected chi connectivity index (χ2v) is 7.47. The molecule has 154 valence electrons. The first-order valence-electron chi connectivity index (χ1n) is 9.72. The van der Waals surface area contributed by atoms with Crippen molar-refractivity contribution in [2.24, 2.45) is 11.7 Å². The second-order valence-electron chi connectivity index (χ2n) is 7.47. The molecule has 6 N–H and O–H groups in total. The van der Waals surface area contributed by atoms with Crippen LogP contribution in [0.15, 0.2) is 42.7 Å². The van der Waals surface area contributed by atoms with E-state index in [0.717, 1.165) is 60.1 Å². The van der Waals surface area contributed by atoms with Gasteiger partial charge in [0, 0.05) is 18.0 Å². The molecule has 29 heavy (non-hydrogen) atoms. The Hall–Kier alpha value is -2.77. The number of methoxy groups -OCH3 is 1. The van der Waals surface area contributed by atoms with Gasteiger partial charge < -0.3 is 21.9 Å². The average Bonchev–Trinajstić information content (AvgIpc) is 2.73. The number of nitrogens with one attached hydrogen (secondary N) is 1. The smallest absolute Gasteiger partial charge is 0.145 e. The lowest BCUT2D eigenvalue weighted by molar-refractivity contribution is 0.338. The second kappa shape index (κ2) is 9.15. The van der Waals surface area contributed by atoms with Crippen LogP contribution >= 0.6 is 0 Å². The van der Waals surface area contributed by atoms with Gasteiger partial charge in [-0.05, 0) is 67.0 Å². The fourth-order valence-corrected chi connectivity index (χ4v) is 3.87. The summed E-state index contributed by atoms with van der Waals surface area (Å²) < 4.78 is 18.9. The summed E-state index contributed by atoms with van der Waals surface area (Å²) in [5.41, 5.74) is 8.62. The topological polar surface area (TPSA) is 108 Å². The predicted molar refractivity (Wildman–Crippen MR) is 115 cm³/mol. The fourth-order valence-electron chi connectivity index (χ4n) is 3.87. The molecule has 0 aliphatic heterocycles. The minimum Gasteiger partial charge on any atom is -0.494 e.